The van der Waals surface area contributed by atoms with E-state index >= 15 is 0 Å². The molecule has 2 N–H and O–H groups in total. The molecule has 2 heterocycles. The van der Waals surface area contributed by atoms with Gasteiger partial charge < -0.3 is 5.73 Å². The summed E-state index contributed by atoms with van der Waals surface area (Å²) < 4.78 is 0. The molecule has 0 saturated heterocycles. The first-order valence-electron chi connectivity index (χ1n) is 4.44. The molecule has 0 aromatic carbocycles. The molecule has 0 saturated carbocycles. The Bertz CT molecular complexity index is 325. The van der Waals surface area contributed by atoms with E-state index in [4.69, 9.17) is 5.73 Å². The second-order valence-corrected chi connectivity index (χ2v) is 4.26. The lowest BCUT2D eigenvalue weighted by molar-refractivity contribution is 0.836. The van der Waals surface area contributed by atoms with Crippen molar-refractivity contribution in [2.45, 2.75) is 25.6 Å². The van der Waals surface area contributed by atoms with Crippen LogP contribution in [0.1, 0.15) is 22.8 Å². The van der Waals surface area contributed by atoms with E-state index in [0.717, 1.165) is 23.7 Å². The Kier molecular flexibility index (Phi) is 2.51. The van der Waals surface area contributed by atoms with Gasteiger partial charge in [-0.1, -0.05) is 0 Å². The summed E-state index contributed by atoms with van der Waals surface area (Å²) in [5.41, 5.74) is 9.18. The third kappa shape index (κ3) is 1.69. The first kappa shape index (κ1) is 8.97. The number of hydrogen-bond donors (Lipinski definition) is 1. The van der Waals surface area contributed by atoms with E-state index < -0.39 is 0 Å². The van der Waals surface area contributed by atoms with E-state index in [9.17, 15) is 0 Å². The largest absolute Gasteiger partial charge is 0.324 e. The lowest BCUT2D eigenvalue weighted by Crippen LogP contribution is -2.13. The molecule has 0 atom stereocenters. The van der Waals surface area contributed by atoms with Crippen molar-refractivity contribution in [1.29, 1.82) is 0 Å². The zero-order chi connectivity index (χ0) is 9.26. The van der Waals surface area contributed by atoms with Crippen molar-refractivity contribution in [2.75, 3.05) is 5.75 Å². The zero-order valence-corrected chi connectivity index (χ0v) is 8.52. The molecular formula is C9H13N3S. The van der Waals surface area contributed by atoms with Crippen molar-refractivity contribution < 1.29 is 0 Å². The number of rotatable bonds is 1. The standard InChI is InChI=1S/C9H13N3S/c1-6-7-2-3-13-5-8(7)12-9(4-10)11-6/h2-5,10H2,1H3. The second kappa shape index (κ2) is 3.64. The minimum absolute atomic E-state index is 0.443. The van der Waals surface area contributed by atoms with Crippen LogP contribution in [0, 0.1) is 6.92 Å². The highest BCUT2D eigenvalue weighted by Crippen LogP contribution is 2.24. The molecular weight excluding hydrogens is 182 g/mol. The van der Waals surface area contributed by atoms with Crippen molar-refractivity contribution in [3.05, 3.63) is 22.8 Å². The Morgan fingerprint density at radius 1 is 1.46 bits per heavy atom. The highest BCUT2D eigenvalue weighted by atomic mass is 32.2. The monoisotopic (exact) mass is 195 g/mol. The first-order chi connectivity index (χ1) is 6.31. The number of fused-ring (bicyclic) bond motifs is 1. The number of hydrogen-bond acceptors (Lipinski definition) is 4. The number of aryl methyl sites for hydroxylation is 1. The maximum absolute atomic E-state index is 5.52. The Labute approximate surface area is 82.2 Å². The molecule has 70 valence electrons. The van der Waals surface area contributed by atoms with Gasteiger partial charge in [-0.05, 0) is 24.7 Å². The molecule has 13 heavy (non-hydrogen) atoms. The fourth-order valence-electron chi connectivity index (χ4n) is 1.60. The topological polar surface area (TPSA) is 51.8 Å². The lowest BCUT2D eigenvalue weighted by atomic mass is 10.1. The van der Waals surface area contributed by atoms with Crippen LogP contribution in [0.15, 0.2) is 0 Å². The minimum Gasteiger partial charge on any atom is -0.324 e. The van der Waals surface area contributed by atoms with Gasteiger partial charge in [-0.15, -0.1) is 0 Å². The summed E-state index contributed by atoms with van der Waals surface area (Å²) >= 11 is 1.93. The average molecular weight is 195 g/mol. The summed E-state index contributed by atoms with van der Waals surface area (Å²) in [5.74, 6) is 2.99. The molecule has 0 bridgehead atoms. The van der Waals surface area contributed by atoms with Gasteiger partial charge in [-0.2, -0.15) is 11.8 Å². The molecule has 1 aliphatic rings. The van der Waals surface area contributed by atoms with Crippen LogP contribution in [0.25, 0.3) is 0 Å². The van der Waals surface area contributed by atoms with Gasteiger partial charge in [0.15, 0.2) is 0 Å². The van der Waals surface area contributed by atoms with Crippen molar-refractivity contribution >= 4 is 11.8 Å². The molecule has 3 nitrogen and oxygen atoms in total. The minimum atomic E-state index is 0.443. The molecule has 1 aliphatic heterocycles. The van der Waals surface area contributed by atoms with Gasteiger partial charge in [0.25, 0.3) is 0 Å². The van der Waals surface area contributed by atoms with E-state index in [-0.39, 0.29) is 0 Å². The second-order valence-electron chi connectivity index (χ2n) is 3.16. The fraction of sp³-hybridized carbons (Fsp3) is 0.556. The van der Waals surface area contributed by atoms with E-state index in [2.05, 4.69) is 16.9 Å². The Balaban J connectivity index is 2.47. The van der Waals surface area contributed by atoms with Crippen LogP contribution >= 0.6 is 11.8 Å². The van der Waals surface area contributed by atoms with Crippen LogP contribution in [0.5, 0.6) is 0 Å². The van der Waals surface area contributed by atoms with Crippen molar-refractivity contribution in [1.82, 2.24) is 9.97 Å². The summed E-state index contributed by atoms with van der Waals surface area (Å²) in [6.45, 7) is 2.49. The van der Waals surface area contributed by atoms with Gasteiger partial charge >= 0.3 is 0 Å². The molecule has 4 heteroatoms. The molecule has 0 fully saturated rings. The Morgan fingerprint density at radius 3 is 3.08 bits per heavy atom. The van der Waals surface area contributed by atoms with Gasteiger partial charge in [-0.25, -0.2) is 9.97 Å². The Morgan fingerprint density at radius 2 is 2.31 bits per heavy atom. The smallest absolute Gasteiger partial charge is 0.142 e. The summed E-state index contributed by atoms with van der Waals surface area (Å²) in [6, 6.07) is 0. The predicted octanol–water partition coefficient (Wildman–Crippen LogP) is 1.03. The fourth-order valence-corrected chi connectivity index (χ4v) is 2.52. The van der Waals surface area contributed by atoms with Crippen LogP contribution in [-0.2, 0) is 18.7 Å². The van der Waals surface area contributed by atoms with E-state index in [1.54, 1.807) is 0 Å². The van der Waals surface area contributed by atoms with E-state index in [1.165, 1.54) is 17.0 Å². The highest BCUT2D eigenvalue weighted by molar-refractivity contribution is 7.98. The number of aromatic nitrogens is 2. The highest BCUT2D eigenvalue weighted by Gasteiger charge is 2.14. The van der Waals surface area contributed by atoms with Gasteiger partial charge in [-0.3, -0.25) is 0 Å². The van der Waals surface area contributed by atoms with Crippen molar-refractivity contribution in [3.8, 4) is 0 Å². The van der Waals surface area contributed by atoms with Gasteiger partial charge in [0.05, 0.1) is 12.2 Å². The third-order valence-corrected chi connectivity index (χ3v) is 3.23. The van der Waals surface area contributed by atoms with Crippen LogP contribution < -0.4 is 5.73 Å². The van der Waals surface area contributed by atoms with E-state index in [1.807, 2.05) is 11.8 Å². The molecule has 1 aromatic rings. The molecule has 0 radical (unpaired) electrons. The van der Waals surface area contributed by atoms with Crippen LogP contribution in [0.2, 0.25) is 0 Å². The number of thioether (sulfide) groups is 1. The van der Waals surface area contributed by atoms with Crippen LogP contribution in [0.4, 0.5) is 0 Å². The lowest BCUT2D eigenvalue weighted by Gasteiger charge is -2.16. The normalized spacial score (nSPS) is 15.5. The maximum atomic E-state index is 5.52. The van der Waals surface area contributed by atoms with E-state index in [0.29, 0.717) is 6.54 Å². The summed E-state index contributed by atoms with van der Waals surface area (Å²) in [6.07, 6.45) is 1.11. The van der Waals surface area contributed by atoms with Crippen molar-refractivity contribution in [3.63, 3.8) is 0 Å². The number of nitrogens with zero attached hydrogens (tertiary/aromatic N) is 2. The molecule has 2 rings (SSSR count). The summed E-state index contributed by atoms with van der Waals surface area (Å²) in [5, 5.41) is 0. The quantitative estimate of drug-likeness (QED) is 0.727. The molecule has 0 unspecified atom stereocenters. The molecule has 1 aromatic heterocycles. The van der Waals surface area contributed by atoms with Crippen molar-refractivity contribution in [2.24, 2.45) is 5.73 Å². The summed E-state index contributed by atoms with van der Waals surface area (Å²) in [7, 11) is 0. The zero-order valence-electron chi connectivity index (χ0n) is 7.71. The molecule has 0 spiro atoms. The van der Waals surface area contributed by atoms with Gasteiger partial charge in [0.2, 0.25) is 0 Å². The maximum Gasteiger partial charge on any atom is 0.142 e. The van der Waals surface area contributed by atoms with Gasteiger partial charge in [0.1, 0.15) is 5.82 Å². The van der Waals surface area contributed by atoms with Crippen LogP contribution in [0.3, 0.4) is 0 Å². The molecule has 0 aliphatic carbocycles. The SMILES string of the molecule is Cc1nc(CN)nc2c1CCSC2. The summed E-state index contributed by atoms with van der Waals surface area (Å²) in [4.78, 5) is 8.80. The Hall–Kier alpha value is -0.610. The number of nitrogens with two attached hydrogens (primary N) is 1. The third-order valence-electron chi connectivity index (χ3n) is 2.26. The molecule has 0 amide bonds. The van der Waals surface area contributed by atoms with Crippen LogP contribution in [-0.4, -0.2) is 15.7 Å². The van der Waals surface area contributed by atoms with Gasteiger partial charge in [0, 0.05) is 11.4 Å². The predicted molar refractivity (Wildman–Crippen MR) is 54.5 cm³/mol. The average Bonchev–Trinajstić information content (AvgIpc) is 2.18. The first-order valence-corrected chi connectivity index (χ1v) is 5.60.